The van der Waals surface area contributed by atoms with E-state index in [9.17, 15) is 4.79 Å². The van der Waals surface area contributed by atoms with Crippen molar-refractivity contribution in [2.45, 2.75) is 6.92 Å². The summed E-state index contributed by atoms with van der Waals surface area (Å²) in [6, 6.07) is 10.7. The molecule has 0 spiro atoms. The average molecular weight is 441 g/mol. The number of imidazole rings is 1. The number of Topliss-reactive ketones (excluding diaryl/α,β-unsaturated/α-hetero) is 1. The zero-order valence-electron chi connectivity index (χ0n) is 16.1. The highest BCUT2D eigenvalue weighted by Gasteiger charge is 2.11. The highest BCUT2D eigenvalue weighted by Crippen LogP contribution is 2.30. The summed E-state index contributed by atoms with van der Waals surface area (Å²) in [5.74, 6) is 1.34. The van der Waals surface area contributed by atoms with Crippen molar-refractivity contribution in [3.8, 4) is 11.3 Å². The number of pyridine rings is 1. The van der Waals surface area contributed by atoms with Gasteiger partial charge in [0.05, 0.1) is 10.7 Å². The Morgan fingerprint density at radius 1 is 1.07 bits per heavy atom. The molecule has 7 nitrogen and oxygen atoms in total. The first kappa shape index (κ1) is 20.1. The molecule has 0 amide bonds. The fourth-order valence-electron chi connectivity index (χ4n) is 2.95. The molecule has 4 aromatic rings. The first-order valence-electron chi connectivity index (χ1n) is 9.25. The van der Waals surface area contributed by atoms with Gasteiger partial charge in [0.25, 0.3) is 0 Å². The molecule has 30 heavy (non-hydrogen) atoms. The molecule has 0 aliphatic heterocycles. The van der Waals surface area contributed by atoms with Gasteiger partial charge in [-0.15, -0.1) is 0 Å². The standard InChI is InChI=1S/C21H18Cl2N6O/c1-13(30)14-2-5-19(27-12-14)24-6-7-26-21-28-18(11-20-25-8-9-29(20)21)16-4-3-15(22)10-17(16)23/h2-5,8-12H,6-7H2,1H3,(H,24,27)(H,26,28). The maximum absolute atomic E-state index is 11.3. The van der Waals surface area contributed by atoms with E-state index in [1.165, 1.54) is 6.92 Å². The minimum Gasteiger partial charge on any atom is -0.368 e. The number of halogens is 2. The lowest BCUT2D eigenvalue weighted by Crippen LogP contribution is -2.17. The molecule has 3 heterocycles. The van der Waals surface area contributed by atoms with Crippen LogP contribution in [0.4, 0.5) is 11.8 Å². The Labute approximate surface area is 183 Å². The molecule has 152 valence electrons. The number of hydrogen-bond donors (Lipinski definition) is 2. The lowest BCUT2D eigenvalue weighted by molar-refractivity contribution is 0.101. The summed E-state index contributed by atoms with van der Waals surface area (Å²) in [6.45, 7) is 2.72. The van der Waals surface area contributed by atoms with E-state index in [0.29, 0.717) is 46.2 Å². The minimum atomic E-state index is -0.00758. The number of fused-ring (bicyclic) bond motifs is 1. The number of benzene rings is 1. The van der Waals surface area contributed by atoms with E-state index in [0.717, 1.165) is 11.2 Å². The number of carbonyl (C=O) groups is 1. The highest BCUT2D eigenvalue weighted by molar-refractivity contribution is 6.36. The Hall–Kier alpha value is -3.16. The summed E-state index contributed by atoms with van der Waals surface area (Å²) in [6.07, 6.45) is 5.12. The number of ketones is 1. The van der Waals surface area contributed by atoms with E-state index in [-0.39, 0.29) is 5.78 Å². The van der Waals surface area contributed by atoms with Crippen molar-refractivity contribution in [1.29, 1.82) is 0 Å². The molecule has 0 saturated heterocycles. The fraction of sp³-hybridized carbons (Fsp3) is 0.143. The number of rotatable bonds is 7. The van der Waals surface area contributed by atoms with Gasteiger partial charge in [-0.05, 0) is 37.3 Å². The largest absolute Gasteiger partial charge is 0.368 e. The van der Waals surface area contributed by atoms with Crippen molar-refractivity contribution >= 4 is 46.4 Å². The third-order valence-corrected chi connectivity index (χ3v) is 5.03. The van der Waals surface area contributed by atoms with Gasteiger partial charge in [0.2, 0.25) is 5.95 Å². The Bertz CT molecular complexity index is 1210. The molecule has 0 bridgehead atoms. The predicted molar refractivity (Wildman–Crippen MR) is 120 cm³/mol. The van der Waals surface area contributed by atoms with Gasteiger partial charge in [-0.25, -0.2) is 15.0 Å². The summed E-state index contributed by atoms with van der Waals surface area (Å²) in [7, 11) is 0. The molecule has 0 unspecified atom stereocenters. The van der Waals surface area contributed by atoms with Gasteiger partial charge in [0.15, 0.2) is 5.78 Å². The maximum atomic E-state index is 11.3. The number of anilines is 2. The number of nitrogens with zero attached hydrogens (tertiary/aromatic N) is 4. The minimum absolute atomic E-state index is 0.00758. The van der Waals surface area contributed by atoms with Crippen molar-refractivity contribution in [2.24, 2.45) is 0 Å². The number of nitrogens with one attached hydrogen (secondary N) is 2. The lowest BCUT2D eigenvalue weighted by Gasteiger charge is -2.12. The lowest BCUT2D eigenvalue weighted by atomic mass is 10.1. The van der Waals surface area contributed by atoms with Gasteiger partial charge < -0.3 is 10.6 Å². The molecular weight excluding hydrogens is 423 g/mol. The van der Waals surface area contributed by atoms with Crippen molar-refractivity contribution in [3.05, 3.63) is 70.6 Å². The molecular formula is C21H18Cl2N6O. The zero-order chi connectivity index (χ0) is 21.1. The van der Waals surface area contributed by atoms with E-state index in [1.54, 1.807) is 36.7 Å². The van der Waals surface area contributed by atoms with Crippen LogP contribution in [-0.4, -0.2) is 38.2 Å². The molecule has 0 aliphatic carbocycles. The maximum Gasteiger partial charge on any atom is 0.209 e. The van der Waals surface area contributed by atoms with Crippen molar-refractivity contribution in [1.82, 2.24) is 19.4 Å². The van der Waals surface area contributed by atoms with Crippen LogP contribution in [0.5, 0.6) is 0 Å². The molecule has 9 heteroatoms. The summed E-state index contributed by atoms with van der Waals surface area (Å²) < 4.78 is 1.87. The number of aromatic nitrogens is 4. The van der Waals surface area contributed by atoms with Crippen LogP contribution in [0.2, 0.25) is 10.0 Å². The zero-order valence-corrected chi connectivity index (χ0v) is 17.6. The Morgan fingerprint density at radius 3 is 2.63 bits per heavy atom. The van der Waals surface area contributed by atoms with Crippen LogP contribution in [0.3, 0.4) is 0 Å². The van der Waals surface area contributed by atoms with E-state index < -0.39 is 0 Å². The molecule has 2 N–H and O–H groups in total. The molecule has 3 aromatic heterocycles. The number of carbonyl (C=O) groups excluding carboxylic acids is 1. The van der Waals surface area contributed by atoms with E-state index in [4.69, 9.17) is 28.2 Å². The van der Waals surface area contributed by atoms with Crippen LogP contribution >= 0.6 is 23.2 Å². The quantitative estimate of drug-likeness (QED) is 0.316. The second-order valence-electron chi connectivity index (χ2n) is 6.59. The average Bonchev–Trinajstić information content (AvgIpc) is 3.20. The van der Waals surface area contributed by atoms with Crippen molar-refractivity contribution in [2.75, 3.05) is 23.7 Å². The van der Waals surface area contributed by atoms with Crippen LogP contribution in [-0.2, 0) is 0 Å². The summed E-state index contributed by atoms with van der Waals surface area (Å²) in [4.78, 5) is 24.7. The normalized spacial score (nSPS) is 10.9. The first-order valence-corrected chi connectivity index (χ1v) is 10.0. The summed E-state index contributed by atoms with van der Waals surface area (Å²) in [5.41, 5.74) is 2.82. The highest BCUT2D eigenvalue weighted by atomic mass is 35.5. The van der Waals surface area contributed by atoms with E-state index >= 15 is 0 Å². The first-order chi connectivity index (χ1) is 14.5. The summed E-state index contributed by atoms with van der Waals surface area (Å²) in [5, 5.41) is 7.62. The van der Waals surface area contributed by atoms with E-state index in [1.807, 2.05) is 22.7 Å². The van der Waals surface area contributed by atoms with E-state index in [2.05, 4.69) is 20.6 Å². The Balaban J connectivity index is 1.48. The second kappa shape index (κ2) is 8.69. The van der Waals surface area contributed by atoms with Crippen LogP contribution in [0, 0.1) is 0 Å². The molecule has 0 saturated carbocycles. The molecule has 0 fully saturated rings. The van der Waals surface area contributed by atoms with Gasteiger partial charge in [0.1, 0.15) is 11.5 Å². The predicted octanol–water partition coefficient (Wildman–Crippen LogP) is 4.82. The van der Waals surface area contributed by atoms with Gasteiger partial charge in [-0.2, -0.15) is 0 Å². The smallest absolute Gasteiger partial charge is 0.209 e. The fourth-order valence-corrected chi connectivity index (χ4v) is 3.46. The van der Waals surface area contributed by atoms with Gasteiger partial charge >= 0.3 is 0 Å². The Morgan fingerprint density at radius 2 is 1.90 bits per heavy atom. The van der Waals surface area contributed by atoms with Gasteiger partial charge in [-0.3, -0.25) is 9.20 Å². The Kier molecular flexibility index (Phi) is 5.83. The molecule has 1 aromatic carbocycles. The summed E-state index contributed by atoms with van der Waals surface area (Å²) >= 11 is 12.4. The SMILES string of the molecule is CC(=O)c1ccc(NCCNc2nc(-c3ccc(Cl)cc3Cl)cc3nccn23)nc1. The van der Waals surface area contributed by atoms with Crippen LogP contribution in [0.1, 0.15) is 17.3 Å². The third kappa shape index (κ3) is 4.37. The van der Waals surface area contributed by atoms with Crippen molar-refractivity contribution < 1.29 is 4.79 Å². The molecule has 4 rings (SSSR count). The number of hydrogen-bond acceptors (Lipinski definition) is 6. The second-order valence-corrected chi connectivity index (χ2v) is 7.43. The van der Waals surface area contributed by atoms with Gasteiger partial charge in [0, 0.05) is 53.9 Å². The topological polar surface area (TPSA) is 84.2 Å². The van der Waals surface area contributed by atoms with Crippen molar-refractivity contribution in [3.63, 3.8) is 0 Å². The molecule has 0 aliphatic rings. The molecule has 0 radical (unpaired) electrons. The molecule has 0 atom stereocenters. The van der Waals surface area contributed by atoms with Gasteiger partial charge in [-0.1, -0.05) is 23.2 Å². The third-order valence-electron chi connectivity index (χ3n) is 4.48. The monoisotopic (exact) mass is 440 g/mol. The van der Waals surface area contributed by atoms with Crippen LogP contribution in [0.15, 0.2) is 55.0 Å². The van der Waals surface area contributed by atoms with Crippen LogP contribution in [0.25, 0.3) is 16.9 Å². The van der Waals surface area contributed by atoms with Crippen LogP contribution < -0.4 is 10.6 Å².